The lowest BCUT2D eigenvalue weighted by atomic mass is 9.36. The van der Waals surface area contributed by atoms with E-state index >= 15 is 0 Å². The minimum absolute atomic E-state index is 0.355. The van der Waals surface area contributed by atoms with E-state index in [0.717, 1.165) is 6.42 Å². The molecule has 0 N–H and O–H groups in total. The second-order valence-corrected chi connectivity index (χ2v) is 5.44. The SMILES string of the molecule is Cc1ccc(B(C2=CCCC=C2)c2ccccc2)cc1. The summed E-state index contributed by atoms with van der Waals surface area (Å²) >= 11 is 0. The van der Waals surface area contributed by atoms with Crippen LogP contribution in [0.15, 0.2) is 78.3 Å². The molecule has 0 amide bonds. The zero-order valence-corrected chi connectivity index (χ0v) is 11.9. The van der Waals surface area contributed by atoms with Crippen LogP contribution in [0.2, 0.25) is 0 Å². The second kappa shape index (κ2) is 5.96. The lowest BCUT2D eigenvalue weighted by Crippen LogP contribution is -2.44. The minimum Gasteiger partial charge on any atom is -0.0889 e. The molecule has 0 saturated heterocycles. The standard InChI is InChI=1S/C19H19B/c1-16-12-14-19(15-13-16)20(17-8-4-2-5-9-17)18-10-6-3-7-11-18/h2,4-6,8-15H,3,7H2,1H3. The average molecular weight is 258 g/mol. The maximum atomic E-state index is 2.39. The van der Waals surface area contributed by atoms with Crippen LogP contribution in [-0.4, -0.2) is 6.71 Å². The van der Waals surface area contributed by atoms with E-state index in [9.17, 15) is 0 Å². The first kappa shape index (κ1) is 13.0. The van der Waals surface area contributed by atoms with Crippen molar-refractivity contribution in [3.05, 3.63) is 83.9 Å². The maximum Gasteiger partial charge on any atom is 0.240 e. The largest absolute Gasteiger partial charge is 0.240 e. The van der Waals surface area contributed by atoms with E-state index in [1.165, 1.54) is 28.4 Å². The van der Waals surface area contributed by atoms with Gasteiger partial charge in [-0.1, -0.05) is 94.8 Å². The summed E-state index contributed by atoms with van der Waals surface area (Å²) in [6.07, 6.45) is 9.29. The van der Waals surface area contributed by atoms with Gasteiger partial charge in [0.25, 0.3) is 0 Å². The normalized spacial score (nSPS) is 13.9. The molecule has 0 heterocycles. The number of benzene rings is 2. The van der Waals surface area contributed by atoms with Crippen LogP contribution < -0.4 is 10.9 Å². The van der Waals surface area contributed by atoms with E-state index < -0.39 is 0 Å². The van der Waals surface area contributed by atoms with Gasteiger partial charge in [0.1, 0.15) is 0 Å². The summed E-state index contributed by atoms with van der Waals surface area (Å²) in [5, 5.41) is 0. The predicted octanol–water partition coefficient (Wildman–Crippen LogP) is 3.42. The van der Waals surface area contributed by atoms with Crippen LogP contribution in [0.25, 0.3) is 0 Å². The summed E-state index contributed by atoms with van der Waals surface area (Å²) in [5.74, 6) is 0. The Morgan fingerprint density at radius 3 is 2.15 bits per heavy atom. The molecule has 0 saturated carbocycles. The van der Waals surface area contributed by atoms with Crippen molar-refractivity contribution in [1.29, 1.82) is 0 Å². The highest BCUT2D eigenvalue weighted by atomic mass is 14.0. The topological polar surface area (TPSA) is 0 Å². The third kappa shape index (κ3) is 2.77. The van der Waals surface area contributed by atoms with Gasteiger partial charge in [-0.25, -0.2) is 0 Å². The predicted molar refractivity (Wildman–Crippen MR) is 89.1 cm³/mol. The molecule has 1 aliphatic rings. The molecule has 0 radical (unpaired) electrons. The summed E-state index contributed by atoms with van der Waals surface area (Å²) in [7, 11) is 0. The average Bonchev–Trinajstić information content (AvgIpc) is 2.52. The zero-order chi connectivity index (χ0) is 13.8. The van der Waals surface area contributed by atoms with E-state index in [1.54, 1.807) is 0 Å². The Labute approximate surface area is 121 Å². The number of allylic oxidation sites excluding steroid dienone is 4. The molecule has 0 atom stereocenters. The van der Waals surface area contributed by atoms with Crippen molar-refractivity contribution in [2.24, 2.45) is 0 Å². The van der Waals surface area contributed by atoms with E-state index in [0.29, 0.717) is 6.71 Å². The molecule has 1 aliphatic carbocycles. The summed E-state index contributed by atoms with van der Waals surface area (Å²) in [6.45, 7) is 2.49. The molecule has 98 valence electrons. The zero-order valence-electron chi connectivity index (χ0n) is 11.9. The smallest absolute Gasteiger partial charge is 0.0889 e. The van der Waals surface area contributed by atoms with Crippen molar-refractivity contribution in [2.45, 2.75) is 19.8 Å². The van der Waals surface area contributed by atoms with Crippen molar-refractivity contribution >= 4 is 17.6 Å². The fourth-order valence-corrected chi connectivity index (χ4v) is 2.83. The van der Waals surface area contributed by atoms with Crippen molar-refractivity contribution in [3.8, 4) is 0 Å². The van der Waals surface area contributed by atoms with Crippen molar-refractivity contribution < 1.29 is 0 Å². The Morgan fingerprint density at radius 1 is 0.800 bits per heavy atom. The van der Waals surface area contributed by atoms with Crippen molar-refractivity contribution in [2.75, 3.05) is 0 Å². The Kier molecular flexibility index (Phi) is 3.87. The Bertz CT molecular complexity index is 621. The van der Waals surface area contributed by atoms with Gasteiger partial charge in [0, 0.05) is 0 Å². The lowest BCUT2D eigenvalue weighted by molar-refractivity contribution is 1.03. The van der Waals surface area contributed by atoms with E-state index in [-0.39, 0.29) is 0 Å². The molecule has 0 bridgehead atoms. The molecular weight excluding hydrogens is 239 g/mol. The minimum atomic E-state index is 0.355. The Hall–Kier alpha value is -2.02. The van der Waals surface area contributed by atoms with Gasteiger partial charge in [0.2, 0.25) is 6.71 Å². The van der Waals surface area contributed by atoms with Crippen LogP contribution in [0.1, 0.15) is 18.4 Å². The third-order valence-electron chi connectivity index (χ3n) is 3.90. The molecule has 0 aromatic heterocycles. The lowest BCUT2D eigenvalue weighted by Gasteiger charge is -2.18. The van der Waals surface area contributed by atoms with Gasteiger partial charge < -0.3 is 0 Å². The third-order valence-corrected chi connectivity index (χ3v) is 3.90. The van der Waals surface area contributed by atoms with Crippen LogP contribution in [0.5, 0.6) is 0 Å². The van der Waals surface area contributed by atoms with Gasteiger partial charge in [0.05, 0.1) is 0 Å². The molecule has 1 heteroatoms. The van der Waals surface area contributed by atoms with Gasteiger partial charge in [-0.05, 0) is 19.8 Å². The molecule has 20 heavy (non-hydrogen) atoms. The summed E-state index contributed by atoms with van der Waals surface area (Å²) < 4.78 is 0. The number of hydrogen-bond acceptors (Lipinski definition) is 0. The highest BCUT2D eigenvalue weighted by molar-refractivity contribution is 6.91. The van der Waals surface area contributed by atoms with Crippen LogP contribution in [0.3, 0.4) is 0 Å². The molecule has 2 aromatic carbocycles. The van der Waals surface area contributed by atoms with Crippen LogP contribution in [0, 0.1) is 6.92 Å². The second-order valence-electron chi connectivity index (χ2n) is 5.44. The quantitative estimate of drug-likeness (QED) is 0.740. The highest BCUT2D eigenvalue weighted by Gasteiger charge is 2.22. The van der Waals surface area contributed by atoms with E-state index in [2.05, 4.69) is 79.7 Å². The van der Waals surface area contributed by atoms with Gasteiger partial charge in [-0.2, -0.15) is 0 Å². The molecule has 2 aromatic rings. The molecule has 0 spiro atoms. The first-order valence-electron chi connectivity index (χ1n) is 7.33. The fourth-order valence-electron chi connectivity index (χ4n) is 2.83. The first-order chi connectivity index (χ1) is 9.84. The number of rotatable bonds is 3. The van der Waals surface area contributed by atoms with E-state index in [4.69, 9.17) is 0 Å². The molecular formula is C19H19B. The molecule has 0 fully saturated rings. The van der Waals surface area contributed by atoms with E-state index in [1.807, 2.05) is 0 Å². The molecule has 0 aliphatic heterocycles. The van der Waals surface area contributed by atoms with Crippen molar-refractivity contribution in [1.82, 2.24) is 0 Å². The monoisotopic (exact) mass is 258 g/mol. The molecule has 0 unspecified atom stereocenters. The number of hydrogen-bond donors (Lipinski definition) is 0. The maximum absolute atomic E-state index is 2.39. The van der Waals surface area contributed by atoms with Gasteiger partial charge >= 0.3 is 0 Å². The summed E-state index contributed by atoms with van der Waals surface area (Å²) in [6, 6.07) is 19.7. The Morgan fingerprint density at radius 2 is 1.50 bits per heavy atom. The molecule has 0 nitrogen and oxygen atoms in total. The first-order valence-corrected chi connectivity index (χ1v) is 7.33. The number of aryl methyl sites for hydroxylation is 1. The van der Waals surface area contributed by atoms with Crippen LogP contribution in [0.4, 0.5) is 0 Å². The summed E-state index contributed by atoms with van der Waals surface area (Å²) in [4.78, 5) is 0. The fraction of sp³-hybridized carbons (Fsp3) is 0.158. The van der Waals surface area contributed by atoms with Crippen LogP contribution >= 0.6 is 0 Å². The van der Waals surface area contributed by atoms with Gasteiger partial charge in [-0.15, -0.1) is 0 Å². The van der Waals surface area contributed by atoms with Crippen LogP contribution in [-0.2, 0) is 0 Å². The molecule has 3 rings (SSSR count). The van der Waals surface area contributed by atoms with Gasteiger partial charge in [0.15, 0.2) is 0 Å². The summed E-state index contributed by atoms with van der Waals surface area (Å²) in [5.41, 5.74) is 5.48. The highest BCUT2D eigenvalue weighted by Crippen LogP contribution is 2.13. The Balaban J connectivity index is 2.06. The van der Waals surface area contributed by atoms with Crippen molar-refractivity contribution in [3.63, 3.8) is 0 Å². The van der Waals surface area contributed by atoms with Gasteiger partial charge in [-0.3, -0.25) is 0 Å².